The van der Waals surface area contributed by atoms with E-state index in [1.165, 1.54) is 0 Å². The molecule has 2 heterocycles. The molecule has 0 amide bonds. The molecule has 2 rings (SSSR count). The van der Waals surface area contributed by atoms with Gasteiger partial charge in [-0.2, -0.15) is 4.98 Å². The van der Waals surface area contributed by atoms with Crippen LogP contribution in [0.1, 0.15) is 5.82 Å². The van der Waals surface area contributed by atoms with Gasteiger partial charge in [-0.25, -0.2) is 4.98 Å². The molecule has 0 spiro atoms. The second kappa shape index (κ2) is 2.71. The molecule has 0 saturated carbocycles. The molecule has 0 bridgehead atoms. The summed E-state index contributed by atoms with van der Waals surface area (Å²) < 4.78 is 5.12. The predicted molar refractivity (Wildman–Crippen MR) is 48.7 cm³/mol. The fourth-order valence-electron chi connectivity index (χ4n) is 1.09. The molecule has 0 aliphatic rings. The Morgan fingerprint density at radius 2 is 2.25 bits per heavy atom. The largest absolute Gasteiger partial charge is 0.480 e. The van der Waals surface area contributed by atoms with Gasteiger partial charge in [0.15, 0.2) is 0 Å². The molecule has 12 heavy (non-hydrogen) atoms. The van der Waals surface area contributed by atoms with Gasteiger partial charge in [0.1, 0.15) is 10.7 Å². The number of hydrogen-bond donors (Lipinski definition) is 0. The van der Waals surface area contributed by atoms with Crippen LogP contribution in [0.2, 0.25) is 0 Å². The highest BCUT2D eigenvalue weighted by molar-refractivity contribution is 7.16. The number of hydrogen-bond acceptors (Lipinski definition) is 4. The first-order chi connectivity index (χ1) is 5.81. The van der Waals surface area contributed by atoms with Gasteiger partial charge < -0.3 is 4.74 Å². The highest BCUT2D eigenvalue weighted by Crippen LogP contribution is 2.25. The van der Waals surface area contributed by atoms with Crippen molar-refractivity contribution < 1.29 is 4.74 Å². The number of aryl methyl sites for hydroxylation is 1. The van der Waals surface area contributed by atoms with Crippen molar-refractivity contribution in [3.8, 4) is 5.88 Å². The van der Waals surface area contributed by atoms with E-state index in [0.29, 0.717) is 5.88 Å². The van der Waals surface area contributed by atoms with Crippen molar-refractivity contribution in [3.05, 3.63) is 17.3 Å². The lowest BCUT2D eigenvalue weighted by Gasteiger charge is -2.00. The molecule has 2 aromatic rings. The fraction of sp³-hybridized carbons (Fsp3) is 0.250. The molecule has 4 heteroatoms. The van der Waals surface area contributed by atoms with E-state index in [1.54, 1.807) is 18.4 Å². The molecule has 0 atom stereocenters. The summed E-state index contributed by atoms with van der Waals surface area (Å²) in [6.07, 6.45) is 0. The van der Waals surface area contributed by atoms with Gasteiger partial charge in [0, 0.05) is 0 Å². The lowest BCUT2D eigenvalue weighted by atomic mass is 10.4. The minimum absolute atomic E-state index is 0.666. The Morgan fingerprint density at radius 1 is 1.42 bits per heavy atom. The standard InChI is InChI=1S/C8H8N2OS/c1-5-9-7(11-2)6-3-4-12-8(6)10-5/h3-4H,1-2H3. The van der Waals surface area contributed by atoms with E-state index in [9.17, 15) is 0 Å². The minimum atomic E-state index is 0.666. The summed E-state index contributed by atoms with van der Waals surface area (Å²) in [6, 6.07) is 1.97. The quantitative estimate of drug-likeness (QED) is 0.673. The first-order valence-corrected chi connectivity index (χ1v) is 4.45. The first kappa shape index (κ1) is 7.49. The zero-order chi connectivity index (χ0) is 8.55. The number of ether oxygens (including phenoxy) is 1. The first-order valence-electron chi connectivity index (χ1n) is 3.57. The molecule has 0 aromatic carbocycles. The van der Waals surface area contributed by atoms with Crippen molar-refractivity contribution >= 4 is 21.6 Å². The highest BCUT2D eigenvalue weighted by Gasteiger charge is 2.05. The van der Waals surface area contributed by atoms with Crippen molar-refractivity contribution in [2.45, 2.75) is 6.92 Å². The molecule has 0 saturated heterocycles. The Bertz CT molecular complexity index is 410. The Morgan fingerprint density at radius 3 is 3.00 bits per heavy atom. The molecule has 2 aromatic heterocycles. The number of thiophene rings is 1. The highest BCUT2D eigenvalue weighted by atomic mass is 32.1. The van der Waals surface area contributed by atoms with Gasteiger partial charge in [-0.3, -0.25) is 0 Å². The van der Waals surface area contributed by atoms with Crippen LogP contribution in [-0.4, -0.2) is 17.1 Å². The molecular weight excluding hydrogens is 172 g/mol. The van der Waals surface area contributed by atoms with Crippen molar-refractivity contribution in [2.75, 3.05) is 7.11 Å². The summed E-state index contributed by atoms with van der Waals surface area (Å²) in [6.45, 7) is 1.86. The summed E-state index contributed by atoms with van der Waals surface area (Å²) in [5, 5.41) is 2.98. The summed E-state index contributed by atoms with van der Waals surface area (Å²) in [7, 11) is 1.62. The lowest BCUT2D eigenvalue weighted by molar-refractivity contribution is 0.401. The van der Waals surface area contributed by atoms with Gasteiger partial charge in [0.2, 0.25) is 5.88 Å². The van der Waals surface area contributed by atoms with Crippen molar-refractivity contribution in [3.63, 3.8) is 0 Å². The molecule has 0 fully saturated rings. The molecule has 0 aliphatic heterocycles. The number of aromatic nitrogens is 2. The average Bonchev–Trinajstić information content (AvgIpc) is 2.50. The normalized spacial score (nSPS) is 10.5. The van der Waals surface area contributed by atoms with Gasteiger partial charge in [-0.15, -0.1) is 11.3 Å². The van der Waals surface area contributed by atoms with E-state index >= 15 is 0 Å². The second-order valence-electron chi connectivity index (χ2n) is 2.42. The maximum Gasteiger partial charge on any atom is 0.225 e. The summed E-state index contributed by atoms with van der Waals surface area (Å²) in [4.78, 5) is 9.42. The van der Waals surface area contributed by atoms with Crippen LogP contribution in [0.15, 0.2) is 11.4 Å². The van der Waals surface area contributed by atoms with Crippen molar-refractivity contribution in [1.29, 1.82) is 0 Å². The average molecular weight is 180 g/mol. The fourth-order valence-corrected chi connectivity index (χ4v) is 1.89. The monoisotopic (exact) mass is 180 g/mol. The van der Waals surface area contributed by atoms with Crippen LogP contribution in [0.25, 0.3) is 10.2 Å². The Hall–Kier alpha value is -1.16. The third-order valence-electron chi connectivity index (χ3n) is 1.60. The zero-order valence-corrected chi connectivity index (χ0v) is 7.68. The number of nitrogens with zero attached hydrogens (tertiary/aromatic N) is 2. The number of fused-ring (bicyclic) bond motifs is 1. The van der Waals surface area contributed by atoms with Gasteiger partial charge in [0.05, 0.1) is 12.5 Å². The smallest absolute Gasteiger partial charge is 0.225 e. The third kappa shape index (κ3) is 1.04. The zero-order valence-electron chi connectivity index (χ0n) is 6.87. The van der Waals surface area contributed by atoms with Crippen molar-refractivity contribution in [1.82, 2.24) is 9.97 Å². The van der Waals surface area contributed by atoms with Crippen LogP contribution >= 0.6 is 11.3 Å². The number of methoxy groups -OCH3 is 1. The van der Waals surface area contributed by atoms with Crippen LogP contribution in [0, 0.1) is 6.92 Å². The predicted octanol–water partition coefficient (Wildman–Crippen LogP) is 2.01. The van der Waals surface area contributed by atoms with E-state index in [4.69, 9.17) is 4.74 Å². The van der Waals surface area contributed by atoms with E-state index in [-0.39, 0.29) is 0 Å². The minimum Gasteiger partial charge on any atom is -0.480 e. The van der Waals surface area contributed by atoms with E-state index in [1.807, 2.05) is 18.4 Å². The Kier molecular flexibility index (Phi) is 1.69. The summed E-state index contributed by atoms with van der Waals surface area (Å²) in [5.74, 6) is 1.42. The van der Waals surface area contributed by atoms with Crippen LogP contribution in [0.4, 0.5) is 0 Å². The maximum atomic E-state index is 5.12. The molecule has 0 N–H and O–H groups in total. The summed E-state index contributed by atoms with van der Waals surface area (Å²) in [5.41, 5.74) is 0. The summed E-state index contributed by atoms with van der Waals surface area (Å²) >= 11 is 1.60. The van der Waals surface area contributed by atoms with Crippen LogP contribution in [-0.2, 0) is 0 Å². The van der Waals surface area contributed by atoms with Crippen LogP contribution in [0.5, 0.6) is 5.88 Å². The molecule has 62 valence electrons. The SMILES string of the molecule is COc1nc(C)nc2sccc12. The topological polar surface area (TPSA) is 35.0 Å². The molecule has 0 aliphatic carbocycles. The molecule has 0 unspecified atom stereocenters. The van der Waals surface area contributed by atoms with Gasteiger partial charge in [-0.05, 0) is 18.4 Å². The Labute approximate surface area is 74.0 Å². The van der Waals surface area contributed by atoms with Gasteiger partial charge in [-0.1, -0.05) is 0 Å². The Balaban J connectivity index is 2.80. The van der Waals surface area contributed by atoms with E-state index < -0.39 is 0 Å². The molecule has 0 radical (unpaired) electrons. The van der Waals surface area contributed by atoms with Crippen molar-refractivity contribution in [2.24, 2.45) is 0 Å². The lowest BCUT2D eigenvalue weighted by Crippen LogP contribution is -1.92. The van der Waals surface area contributed by atoms with Crippen LogP contribution < -0.4 is 4.74 Å². The van der Waals surface area contributed by atoms with E-state index in [0.717, 1.165) is 16.0 Å². The van der Waals surface area contributed by atoms with Gasteiger partial charge in [0.25, 0.3) is 0 Å². The van der Waals surface area contributed by atoms with E-state index in [2.05, 4.69) is 9.97 Å². The molecule has 3 nitrogen and oxygen atoms in total. The van der Waals surface area contributed by atoms with Gasteiger partial charge >= 0.3 is 0 Å². The molecular formula is C8H8N2OS. The van der Waals surface area contributed by atoms with Crippen LogP contribution in [0.3, 0.4) is 0 Å². The third-order valence-corrected chi connectivity index (χ3v) is 2.40. The number of rotatable bonds is 1. The maximum absolute atomic E-state index is 5.12. The second-order valence-corrected chi connectivity index (χ2v) is 3.31.